The summed E-state index contributed by atoms with van der Waals surface area (Å²) >= 11 is 0. The van der Waals surface area contributed by atoms with Crippen LogP contribution in [0.5, 0.6) is 0 Å². The molecule has 0 aliphatic heterocycles. The molecular formula is C14H30O4. The summed E-state index contributed by atoms with van der Waals surface area (Å²) in [5.74, 6) is 0. The van der Waals surface area contributed by atoms with Gasteiger partial charge in [0.15, 0.2) is 0 Å². The first-order valence-corrected chi connectivity index (χ1v) is 6.85. The fraction of sp³-hybridized carbons (Fsp3) is 1.00. The molecule has 0 radical (unpaired) electrons. The summed E-state index contributed by atoms with van der Waals surface area (Å²) < 4.78 is 17.4. The Hall–Kier alpha value is -0.160. The molecule has 4 nitrogen and oxygen atoms in total. The first kappa shape index (κ1) is 17.8. The van der Waals surface area contributed by atoms with Gasteiger partial charge in [-0.25, -0.2) is 0 Å². The lowest BCUT2D eigenvalue weighted by atomic mass is 10.1. The number of aliphatic hydroxyl groups excluding tert-OH is 1. The van der Waals surface area contributed by atoms with E-state index in [1.807, 2.05) is 48.5 Å². The van der Waals surface area contributed by atoms with Crippen molar-refractivity contribution in [3.05, 3.63) is 0 Å². The lowest BCUT2D eigenvalue weighted by Crippen LogP contribution is -2.44. The van der Waals surface area contributed by atoms with Crippen molar-refractivity contribution < 1.29 is 19.3 Å². The molecule has 0 aliphatic rings. The molecule has 1 N–H and O–H groups in total. The van der Waals surface area contributed by atoms with Gasteiger partial charge in [-0.15, -0.1) is 0 Å². The summed E-state index contributed by atoms with van der Waals surface area (Å²) in [6.07, 6.45) is -0.271. The number of hydrogen-bond donors (Lipinski definition) is 1. The first-order chi connectivity index (χ1) is 8.27. The number of aliphatic hydroxyl groups is 1. The lowest BCUT2D eigenvalue weighted by molar-refractivity contribution is -0.170. The van der Waals surface area contributed by atoms with Crippen molar-refractivity contribution in [3.8, 4) is 0 Å². The zero-order chi connectivity index (χ0) is 14.3. The van der Waals surface area contributed by atoms with Gasteiger partial charge < -0.3 is 19.3 Å². The van der Waals surface area contributed by atoms with Crippen molar-refractivity contribution in [2.24, 2.45) is 0 Å². The molecule has 0 rings (SSSR count). The molecule has 0 fully saturated rings. The fourth-order valence-electron chi connectivity index (χ4n) is 1.93. The molecule has 0 aromatic rings. The highest BCUT2D eigenvalue weighted by molar-refractivity contribution is 4.76. The summed E-state index contributed by atoms with van der Waals surface area (Å²) in [5.41, 5.74) is 0. The number of ether oxygens (including phenoxy) is 3. The average molecular weight is 262 g/mol. The molecule has 18 heavy (non-hydrogen) atoms. The Bertz CT molecular complexity index is 190. The molecule has 110 valence electrons. The molecule has 0 aromatic carbocycles. The molecule has 0 aromatic heterocycles. The second-order valence-electron chi connectivity index (χ2n) is 5.37. The van der Waals surface area contributed by atoms with E-state index in [1.165, 1.54) is 0 Å². The van der Waals surface area contributed by atoms with Gasteiger partial charge in [-0.1, -0.05) is 0 Å². The van der Waals surface area contributed by atoms with Crippen LogP contribution in [0.4, 0.5) is 0 Å². The van der Waals surface area contributed by atoms with Gasteiger partial charge in [-0.2, -0.15) is 0 Å². The predicted molar refractivity (Wildman–Crippen MR) is 72.8 cm³/mol. The van der Waals surface area contributed by atoms with E-state index in [-0.39, 0.29) is 43.2 Å². The Balaban J connectivity index is 4.58. The molecule has 0 saturated heterocycles. The van der Waals surface area contributed by atoms with E-state index in [4.69, 9.17) is 19.3 Å². The van der Waals surface area contributed by atoms with Crippen molar-refractivity contribution in [2.75, 3.05) is 6.61 Å². The van der Waals surface area contributed by atoms with Crippen molar-refractivity contribution in [1.29, 1.82) is 0 Å². The van der Waals surface area contributed by atoms with Crippen LogP contribution in [-0.2, 0) is 14.2 Å². The van der Waals surface area contributed by atoms with Crippen LogP contribution in [-0.4, -0.2) is 48.3 Å². The van der Waals surface area contributed by atoms with Gasteiger partial charge in [0, 0.05) is 0 Å². The topological polar surface area (TPSA) is 47.9 Å². The normalized spacial score (nSPS) is 19.0. The van der Waals surface area contributed by atoms with Crippen molar-refractivity contribution >= 4 is 0 Å². The Morgan fingerprint density at radius 1 is 0.722 bits per heavy atom. The zero-order valence-electron chi connectivity index (χ0n) is 12.8. The van der Waals surface area contributed by atoms with Crippen LogP contribution >= 0.6 is 0 Å². The molecule has 0 spiro atoms. The van der Waals surface area contributed by atoms with E-state index in [9.17, 15) is 0 Å². The third kappa shape index (κ3) is 7.31. The van der Waals surface area contributed by atoms with E-state index < -0.39 is 0 Å². The average Bonchev–Trinajstić information content (AvgIpc) is 2.22. The van der Waals surface area contributed by atoms with Gasteiger partial charge in [-0.05, 0) is 48.5 Å². The SMILES string of the molecule is CC(C)OC(C)C(O[C@@H](C)CO)C(C)OC(C)C. The van der Waals surface area contributed by atoms with Crippen molar-refractivity contribution in [2.45, 2.75) is 85.1 Å². The first-order valence-electron chi connectivity index (χ1n) is 6.85. The largest absolute Gasteiger partial charge is 0.394 e. The third-order valence-electron chi connectivity index (χ3n) is 2.55. The Labute approximate surface area is 112 Å². The van der Waals surface area contributed by atoms with Crippen LogP contribution in [0.3, 0.4) is 0 Å². The minimum absolute atomic E-state index is 0.000697. The Morgan fingerprint density at radius 2 is 1.11 bits per heavy atom. The lowest BCUT2D eigenvalue weighted by Gasteiger charge is -2.33. The van der Waals surface area contributed by atoms with Crippen molar-refractivity contribution in [1.82, 2.24) is 0 Å². The third-order valence-corrected chi connectivity index (χ3v) is 2.55. The Morgan fingerprint density at radius 3 is 1.39 bits per heavy atom. The molecular weight excluding hydrogens is 232 g/mol. The van der Waals surface area contributed by atoms with Crippen LogP contribution in [0.25, 0.3) is 0 Å². The van der Waals surface area contributed by atoms with E-state index in [1.54, 1.807) is 0 Å². The quantitative estimate of drug-likeness (QED) is 0.693. The highest BCUT2D eigenvalue weighted by Gasteiger charge is 2.28. The maximum atomic E-state index is 9.10. The van der Waals surface area contributed by atoms with Crippen LogP contribution in [0.15, 0.2) is 0 Å². The fourth-order valence-corrected chi connectivity index (χ4v) is 1.93. The molecule has 0 amide bonds. The van der Waals surface area contributed by atoms with Gasteiger partial charge in [0.05, 0.1) is 37.1 Å². The van der Waals surface area contributed by atoms with Crippen LogP contribution < -0.4 is 0 Å². The smallest absolute Gasteiger partial charge is 0.110 e. The van der Waals surface area contributed by atoms with Gasteiger partial charge in [-0.3, -0.25) is 0 Å². The summed E-state index contributed by atoms with van der Waals surface area (Å²) in [7, 11) is 0. The van der Waals surface area contributed by atoms with Gasteiger partial charge in [0.2, 0.25) is 0 Å². The van der Waals surface area contributed by atoms with E-state index in [2.05, 4.69) is 0 Å². The van der Waals surface area contributed by atoms with Gasteiger partial charge in [0.25, 0.3) is 0 Å². The number of hydrogen-bond acceptors (Lipinski definition) is 4. The summed E-state index contributed by atoms with van der Waals surface area (Å²) in [4.78, 5) is 0. The van der Waals surface area contributed by atoms with Crippen LogP contribution in [0.1, 0.15) is 48.5 Å². The van der Waals surface area contributed by atoms with Crippen molar-refractivity contribution in [3.63, 3.8) is 0 Å². The molecule has 0 heterocycles. The van der Waals surface area contributed by atoms with Gasteiger partial charge in [0.1, 0.15) is 6.10 Å². The molecule has 0 aliphatic carbocycles. The standard InChI is InChI=1S/C14H30O4/c1-9(2)16-12(6)14(18-11(5)8-15)13(7)17-10(3)4/h9-15H,8H2,1-7H3/t11-,12?,13?,14?/m0/s1. The maximum Gasteiger partial charge on any atom is 0.110 e. The minimum atomic E-state index is -0.216. The summed E-state index contributed by atoms with van der Waals surface area (Å²) in [5, 5.41) is 9.10. The summed E-state index contributed by atoms with van der Waals surface area (Å²) in [6, 6.07) is 0. The molecule has 0 bridgehead atoms. The molecule has 2 unspecified atom stereocenters. The van der Waals surface area contributed by atoms with Gasteiger partial charge >= 0.3 is 0 Å². The second-order valence-corrected chi connectivity index (χ2v) is 5.37. The Kier molecular flexibility index (Phi) is 8.78. The highest BCUT2D eigenvalue weighted by atomic mass is 16.6. The molecule has 3 atom stereocenters. The minimum Gasteiger partial charge on any atom is -0.394 e. The number of rotatable bonds is 9. The molecule has 0 saturated carbocycles. The monoisotopic (exact) mass is 262 g/mol. The van der Waals surface area contributed by atoms with Crippen LogP contribution in [0.2, 0.25) is 0 Å². The molecule has 4 heteroatoms. The van der Waals surface area contributed by atoms with E-state index >= 15 is 0 Å². The van der Waals surface area contributed by atoms with Crippen LogP contribution in [0, 0.1) is 0 Å². The second kappa shape index (κ2) is 8.86. The van der Waals surface area contributed by atoms with E-state index in [0.717, 1.165) is 0 Å². The predicted octanol–water partition coefficient (Wildman–Crippen LogP) is 2.38. The van der Waals surface area contributed by atoms with E-state index in [0.29, 0.717) is 0 Å². The highest BCUT2D eigenvalue weighted by Crippen LogP contribution is 2.16. The zero-order valence-corrected chi connectivity index (χ0v) is 12.8. The maximum absolute atomic E-state index is 9.10. The summed E-state index contributed by atoms with van der Waals surface area (Å²) in [6.45, 7) is 13.8.